The van der Waals surface area contributed by atoms with E-state index in [1.165, 1.54) is 12.1 Å². The first-order chi connectivity index (χ1) is 15.8. The van der Waals surface area contributed by atoms with Gasteiger partial charge in [0.1, 0.15) is 11.4 Å². The van der Waals surface area contributed by atoms with Crippen molar-refractivity contribution < 1.29 is 27.8 Å². The normalized spacial score (nSPS) is 15.8. The SMILES string of the molecule is CCC(=O)c1ccc2[nH]c(CC(O)(CC(C)(C)c3cc(Cl)cc4c3OCC4)C(F)(F)F)cc2n1. The number of aromatic nitrogens is 2. The maximum Gasteiger partial charge on any atom is 0.417 e. The van der Waals surface area contributed by atoms with Crippen LogP contribution in [0.2, 0.25) is 5.02 Å². The molecule has 5 nitrogen and oxygen atoms in total. The van der Waals surface area contributed by atoms with Crippen LogP contribution < -0.4 is 4.74 Å². The summed E-state index contributed by atoms with van der Waals surface area (Å²) in [7, 11) is 0. The molecule has 0 spiro atoms. The van der Waals surface area contributed by atoms with E-state index in [1.54, 1.807) is 39.0 Å². The van der Waals surface area contributed by atoms with Gasteiger partial charge in [-0.15, -0.1) is 0 Å². The first-order valence-corrected chi connectivity index (χ1v) is 11.5. The lowest BCUT2D eigenvalue weighted by atomic mass is 9.73. The minimum Gasteiger partial charge on any atom is -0.493 e. The number of aromatic amines is 1. The van der Waals surface area contributed by atoms with Crippen molar-refractivity contribution in [2.75, 3.05) is 6.61 Å². The average molecular weight is 495 g/mol. The number of rotatable bonds is 7. The van der Waals surface area contributed by atoms with Crippen LogP contribution in [0.15, 0.2) is 30.3 Å². The summed E-state index contributed by atoms with van der Waals surface area (Å²) in [5.41, 5.74) is -1.45. The summed E-state index contributed by atoms with van der Waals surface area (Å²) in [5, 5.41) is 11.4. The highest BCUT2D eigenvalue weighted by Crippen LogP contribution is 2.47. The van der Waals surface area contributed by atoms with Gasteiger partial charge in [-0.2, -0.15) is 13.2 Å². The number of hydrogen-bond acceptors (Lipinski definition) is 4. The quantitative estimate of drug-likeness (QED) is 0.398. The minimum absolute atomic E-state index is 0.158. The Morgan fingerprint density at radius 3 is 2.65 bits per heavy atom. The molecule has 34 heavy (non-hydrogen) atoms. The van der Waals surface area contributed by atoms with E-state index in [9.17, 15) is 23.1 Å². The minimum atomic E-state index is -4.90. The summed E-state index contributed by atoms with van der Waals surface area (Å²) in [6, 6.07) is 7.97. The molecule has 0 amide bonds. The Balaban J connectivity index is 1.69. The zero-order valence-electron chi connectivity index (χ0n) is 19.1. The molecule has 1 aliphatic rings. The Kier molecular flexibility index (Phi) is 6.19. The van der Waals surface area contributed by atoms with Gasteiger partial charge in [-0.05, 0) is 47.7 Å². The molecular formula is C25H26ClF3N2O3. The largest absolute Gasteiger partial charge is 0.493 e. The lowest BCUT2D eigenvalue weighted by molar-refractivity contribution is -0.266. The molecule has 1 unspecified atom stereocenters. The summed E-state index contributed by atoms with van der Waals surface area (Å²) >= 11 is 6.24. The number of pyridine rings is 1. The molecule has 0 radical (unpaired) electrons. The maximum absolute atomic E-state index is 14.3. The van der Waals surface area contributed by atoms with Crippen LogP contribution in [0.4, 0.5) is 13.2 Å². The number of nitrogens with one attached hydrogen (secondary N) is 1. The van der Waals surface area contributed by atoms with Crippen molar-refractivity contribution in [3.8, 4) is 5.75 Å². The van der Waals surface area contributed by atoms with Crippen LogP contribution in [0.1, 0.15) is 60.9 Å². The molecule has 0 saturated heterocycles. The Morgan fingerprint density at radius 2 is 1.97 bits per heavy atom. The number of ketones is 1. The standard InChI is InChI=1S/C25H26ClF3N2O3/c1-4-21(32)19-6-5-18-20(31-19)11-16(30-18)12-24(33,25(27,28)29)13-23(2,3)17-10-15(26)9-14-7-8-34-22(14)17/h5-6,9-11,30,33H,4,7-8,12-13H2,1-3H3. The fraction of sp³-hybridized carbons (Fsp3) is 0.440. The van der Waals surface area contributed by atoms with Crippen molar-refractivity contribution in [1.29, 1.82) is 0 Å². The zero-order valence-corrected chi connectivity index (χ0v) is 19.9. The van der Waals surface area contributed by atoms with E-state index in [-0.39, 0.29) is 23.6 Å². The second kappa shape index (κ2) is 8.57. The second-order valence-corrected chi connectivity index (χ2v) is 9.94. The van der Waals surface area contributed by atoms with E-state index in [0.29, 0.717) is 40.4 Å². The number of aliphatic hydroxyl groups is 1. The lowest BCUT2D eigenvalue weighted by Gasteiger charge is -2.38. The molecule has 0 aliphatic carbocycles. The van der Waals surface area contributed by atoms with Gasteiger partial charge in [0, 0.05) is 35.5 Å². The van der Waals surface area contributed by atoms with E-state index < -0.39 is 30.0 Å². The monoisotopic (exact) mass is 494 g/mol. The third-order valence-corrected chi connectivity index (χ3v) is 6.58. The number of alkyl halides is 3. The van der Waals surface area contributed by atoms with Crippen LogP contribution in [0.25, 0.3) is 11.0 Å². The molecule has 182 valence electrons. The number of Topliss-reactive ketones (excluding diaryl/α,β-unsaturated/α-hetero) is 1. The number of ether oxygens (including phenoxy) is 1. The predicted octanol–water partition coefficient (Wildman–Crippen LogP) is 5.95. The number of nitrogens with zero attached hydrogens (tertiary/aromatic N) is 1. The number of benzene rings is 1. The molecule has 1 atom stereocenters. The van der Waals surface area contributed by atoms with Gasteiger partial charge in [-0.1, -0.05) is 32.4 Å². The number of carbonyl (C=O) groups is 1. The highest BCUT2D eigenvalue weighted by atomic mass is 35.5. The van der Waals surface area contributed by atoms with Crippen molar-refractivity contribution in [2.45, 2.75) is 63.6 Å². The van der Waals surface area contributed by atoms with Gasteiger partial charge in [0.25, 0.3) is 0 Å². The molecule has 2 aromatic heterocycles. The third-order valence-electron chi connectivity index (χ3n) is 6.36. The van der Waals surface area contributed by atoms with Gasteiger partial charge in [-0.3, -0.25) is 4.79 Å². The summed E-state index contributed by atoms with van der Waals surface area (Å²) in [6.07, 6.45) is -5.30. The van der Waals surface area contributed by atoms with E-state index in [0.717, 1.165) is 5.56 Å². The Labute approximate surface area is 200 Å². The second-order valence-electron chi connectivity index (χ2n) is 9.51. The van der Waals surface area contributed by atoms with E-state index in [2.05, 4.69) is 9.97 Å². The molecule has 9 heteroatoms. The number of carbonyl (C=O) groups excluding carboxylic acids is 1. The Hall–Kier alpha value is -2.58. The first kappa shape index (κ1) is 24.5. The summed E-state index contributed by atoms with van der Waals surface area (Å²) in [4.78, 5) is 19.1. The summed E-state index contributed by atoms with van der Waals surface area (Å²) in [5.74, 6) is 0.385. The van der Waals surface area contributed by atoms with E-state index in [1.807, 2.05) is 0 Å². The molecule has 3 heterocycles. The highest BCUT2D eigenvalue weighted by Gasteiger charge is 2.56. The van der Waals surface area contributed by atoms with Crippen LogP contribution in [0.5, 0.6) is 5.75 Å². The summed E-state index contributed by atoms with van der Waals surface area (Å²) < 4.78 is 48.5. The van der Waals surface area contributed by atoms with Gasteiger partial charge in [0.15, 0.2) is 11.4 Å². The van der Waals surface area contributed by atoms with Crippen molar-refractivity contribution in [3.63, 3.8) is 0 Å². The molecule has 0 saturated carbocycles. The van der Waals surface area contributed by atoms with Gasteiger partial charge in [0.05, 0.1) is 17.6 Å². The van der Waals surface area contributed by atoms with Crippen molar-refractivity contribution in [1.82, 2.24) is 9.97 Å². The van der Waals surface area contributed by atoms with Crippen LogP contribution in [0.3, 0.4) is 0 Å². The van der Waals surface area contributed by atoms with Gasteiger partial charge < -0.3 is 14.8 Å². The van der Waals surface area contributed by atoms with Crippen molar-refractivity contribution in [3.05, 3.63) is 57.9 Å². The number of fused-ring (bicyclic) bond motifs is 2. The van der Waals surface area contributed by atoms with Crippen LogP contribution in [-0.2, 0) is 18.3 Å². The van der Waals surface area contributed by atoms with Crippen LogP contribution >= 0.6 is 11.6 Å². The van der Waals surface area contributed by atoms with Crippen LogP contribution in [0, 0.1) is 0 Å². The Bertz CT molecular complexity index is 1250. The molecule has 4 rings (SSSR count). The molecule has 2 N–H and O–H groups in total. The van der Waals surface area contributed by atoms with E-state index >= 15 is 0 Å². The predicted molar refractivity (Wildman–Crippen MR) is 124 cm³/mol. The van der Waals surface area contributed by atoms with Crippen molar-refractivity contribution in [2.24, 2.45) is 0 Å². The zero-order chi connectivity index (χ0) is 24.9. The number of H-pyrrole nitrogens is 1. The number of halogens is 4. The molecule has 0 fully saturated rings. The molecule has 1 aliphatic heterocycles. The lowest BCUT2D eigenvalue weighted by Crippen LogP contribution is -2.51. The smallest absolute Gasteiger partial charge is 0.417 e. The van der Waals surface area contributed by atoms with Crippen LogP contribution in [-0.4, -0.2) is 39.2 Å². The van der Waals surface area contributed by atoms with E-state index in [4.69, 9.17) is 16.3 Å². The fourth-order valence-electron chi connectivity index (χ4n) is 4.67. The van der Waals surface area contributed by atoms with Gasteiger partial charge in [0.2, 0.25) is 0 Å². The first-order valence-electron chi connectivity index (χ1n) is 11.1. The molecule has 3 aromatic rings. The Morgan fingerprint density at radius 1 is 1.24 bits per heavy atom. The molecule has 0 bridgehead atoms. The van der Waals surface area contributed by atoms with Gasteiger partial charge in [-0.25, -0.2) is 4.98 Å². The summed E-state index contributed by atoms with van der Waals surface area (Å²) in [6.45, 7) is 5.44. The van der Waals surface area contributed by atoms with Gasteiger partial charge >= 0.3 is 6.18 Å². The highest BCUT2D eigenvalue weighted by molar-refractivity contribution is 6.30. The fourth-order valence-corrected chi connectivity index (χ4v) is 4.91. The number of hydrogen-bond donors (Lipinski definition) is 2. The van der Waals surface area contributed by atoms with Crippen molar-refractivity contribution >= 4 is 28.4 Å². The molecule has 1 aromatic carbocycles. The average Bonchev–Trinajstić information content (AvgIpc) is 3.36. The topological polar surface area (TPSA) is 75.2 Å². The molecular weight excluding hydrogens is 469 g/mol. The maximum atomic E-state index is 14.3. The third kappa shape index (κ3) is 4.53.